The molecular formula is C18H19ClN2O4. The van der Waals surface area contributed by atoms with Gasteiger partial charge in [0, 0.05) is 11.3 Å². The van der Waals surface area contributed by atoms with Crippen LogP contribution in [-0.2, 0) is 9.63 Å². The highest BCUT2D eigenvalue weighted by Gasteiger charge is 2.10. The van der Waals surface area contributed by atoms with E-state index in [1.807, 2.05) is 31.2 Å². The standard InChI is InChI=1S/C18H19ClN2O4/c1-12-4-6-14(7-5-12)21-17(22)11-25-20-10-13-8-15(19)18(24-3)16(9-13)23-2/h4-10H,11H2,1-3H3,(H,21,22). The van der Waals surface area contributed by atoms with Crippen LogP contribution in [-0.4, -0.2) is 32.9 Å². The minimum atomic E-state index is -0.300. The number of methoxy groups -OCH3 is 2. The molecule has 2 aromatic carbocycles. The van der Waals surface area contributed by atoms with Crippen molar-refractivity contribution in [2.24, 2.45) is 5.16 Å². The first kappa shape index (κ1) is 18.6. The third-order valence-electron chi connectivity index (χ3n) is 3.26. The van der Waals surface area contributed by atoms with Crippen LogP contribution >= 0.6 is 11.6 Å². The average Bonchev–Trinajstić information content (AvgIpc) is 2.60. The number of oxime groups is 1. The molecular weight excluding hydrogens is 344 g/mol. The van der Waals surface area contributed by atoms with Crippen LogP contribution in [0.15, 0.2) is 41.6 Å². The summed E-state index contributed by atoms with van der Waals surface area (Å²) in [4.78, 5) is 16.8. The SMILES string of the molecule is COc1cc(C=NOCC(=O)Nc2ccc(C)cc2)cc(Cl)c1OC. The van der Waals surface area contributed by atoms with Crippen molar-refractivity contribution < 1.29 is 19.1 Å². The van der Waals surface area contributed by atoms with Gasteiger partial charge in [0.15, 0.2) is 18.1 Å². The minimum Gasteiger partial charge on any atom is -0.493 e. The molecule has 7 heteroatoms. The van der Waals surface area contributed by atoms with E-state index < -0.39 is 0 Å². The summed E-state index contributed by atoms with van der Waals surface area (Å²) in [5.74, 6) is 0.625. The topological polar surface area (TPSA) is 69.2 Å². The van der Waals surface area contributed by atoms with Crippen molar-refractivity contribution in [1.82, 2.24) is 0 Å². The summed E-state index contributed by atoms with van der Waals surface area (Å²) in [5, 5.41) is 6.87. The van der Waals surface area contributed by atoms with Crippen molar-refractivity contribution in [2.45, 2.75) is 6.92 Å². The van der Waals surface area contributed by atoms with Crippen molar-refractivity contribution in [3.63, 3.8) is 0 Å². The normalized spacial score (nSPS) is 10.6. The quantitative estimate of drug-likeness (QED) is 0.603. The number of anilines is 1. The third kappa shape index (κ3) is 5.39. The molecule has 132 valence electrons. The number of ether oxygens (including phenoxy) is 2. The van der Waals surface area contributed by atoms with Gasteiger partial charge in [0.2, 0.25) is 0 Å². The highest BCUT2D eigenvalue weighted by molar-refractivity contribution is 6.32. The molecule has 0 spiro atoms. The van der Waals surface area contributed by atoms with Gasteiger partial charge in [-0.25, -0.2) is 0 Å². The molecule has 0 fully saturated rings. The van der Waals surface area contributed by atoms with E-state index >= 15 is 0 Å². The molecule has 0 bridgehead atoms. The molecule has 0 radical (unpaired) electrons. The molecule has 0 aliphatic carbocycles. The van der Waals surface area contributed by atoms with Gasteiger partial charge in [-0.05, 0) is 31.2 Å². The third-order valence-corrected chi connectivity index (χ3v) is 3.54. The van der Waals surface area contributed by atoms with Crippen LogP contribution < -0.4 is 14.8 Å². The summed E-state index contributed by atoms with van der Waals surface area (Å²) in [6, 6.07) is 10.8. The Labute approximate surface area is 151 Å². The second kappa shape index (κ2) is 8.94. The summed E-state index contributed by atoms with van der Waals surface area (Å²) < 4.78 is 10.4. The number of hydrogen-bond acceptors (Lipinski definition) is 5. The summed E-state index contributed by atoms with van der Waals surface area (Å²) in [5.41, 5.74) is 2.48. The Morgan fingerprint density at radius 3 is 2.56 bits per heavy atom. The van der Waals surface area contributed by atoms with Crippen LogP contribution in [0.3, 0.4) is 0 Å². The Morgan fingerprint density at radius 1 is 1.20 bits per heavy atom. The van der Waals surface area contributed by atoms with Crippen molar-refractivity contribution in [3.05, 3.63) is 52.5 Å². The van der Waals surface area contributed by atoms with Crippen LogP contribution in [0.4, 0.5) is 5.69 Å². The van der Waals surface area contributed by atoms with Gasteiger partial charge >= 0.3 is 0 Å². The van der Waals surface area contributed by atoms with Crippen molar-refractivity contribution in [2.75, 3.05) is 26.1 Å². The van der Waals surface area contributed by atoms with E-state index in [1.54, 1.807) is 12.1 Å². The first-order valence-electron chi connectivity index (χ1n) is 7.47. The Hall–Kier alpha value is -2.73. The number of halogens is 1. The molecule has 1 N–H and O–H groups in total. The van der Waals surface area contributed by atoms with Gasteiger partial charge in [0.25, 0.3) is 5.91 Å². The fourth-order valence-corrected chi connectivity index (χ4v) is 2.34. The molecule has 0 aromatic heterocycles. The lowest BCUT2D eigenvalue weighted by Crippen LogP contribution is -2.16. The Kier molecular flexibility index (Phi) is 6.65. The molecule has 0 atom stereocenters. The Morgan fingerprint density at radius 2 is 1.92 bits per heavy atom. The Balaban J connectivity index is 1.89. The van der Waals surface area contributed by atoms with E-state index in [9.17, 15) is 4.79 Å². The van der Waals surface area contributed by atoms with Crippen LogP contribution in [0.1, 0.15) is 11.1 Å². The molecule has 6 nitrogen and oxygen atoms in total. The van der Waals surface area contributed by atoms with Crippen molar-refractivity contribution >= 4 is 29.4 Å². The number of amides is 1. The first-order valence-corrected chi connectivity index (χ1v) is 7.84. The second-order valence-electron chi connectivity index (χ2n) is 5.16. The molecule has 1 amide bonds. The van der Waals surface area contributed by atoms with Crippen LogP contribution in [0.5, 0.6) is 11.5 Å². The fraction of sp³-hybridized carbons (Fsp3) is 0.222. The molecule has 2 rings (SSSR count). The van der Waals surface area contributed by atoms with Crippen LogP contribution in [0.2, 0.25) is 5.02 Å². The summed E-state index contributed by atoms with van der Waals surface area (Å²) in [7, 11) is 3.02. The van der Waals surface area contributed by atoms with E-state index in [0.717, 1.165) is 5.56 Å². The van der Waals surface area contributed by atoms with E-state index in [-0.39, 0.29) is 12.5 Å². The van der Waals surface area contributed by atoms with Gasteiger partial charge < -0.3 is 19.6 Å². The number of carbonyl (C=O) groups is 1. The number of nitrogens with one attached hydrogen (secondary N) is 1. The smallest absolute Gasteiger partial charge is 0.265 e. The zero-order valence-corrected chi connectivity index (χ0v) is 15.0. The molecule has 0 saturated heterocycles. The second-order valence-corrected chi connectivity index (χ2v) is 5.57. The average molecular weight is 363 g/mol. The number of hydrogen-bond donors (Lipinski definition) is 1. The van der Waals surface area contributed by atoms with E-state index in [0.29, 0.717) is 27.8 Å². The maximum Gasteiger partial charge on any atom is 0.265 e. The molecule has 0 heterocycles. The molecule has 0 saturated carbocycles. The van der Waals surface area contributed by atoms with Crippen LogP contribution in [0, 0.1) is 6.92 Å². The van der Waals surface area contributed by atoms with Crippen molar-refractivity contribution in [3.8, 4) is 11.5 Å². The summed E-state index contributed by atoms with van der Waals surface area (Å²) in [6.45, 7) is 1.77. The van der Waals surface area contributed by atoms with Gasteiger partial charge in [-0.3, -0.25) is 4.79 Å². The number of carbonyl (C=O) groups excluding carboxylic acids is 1. The number of aryl methyl sites for hydroxylation is 1. The maximum absolute atomic E-state index is 11.8. The zero-order valence-electron chi connectivity index (χ0n) is 14.2. The van der Waals surface area contributed by atoms with Gasteiger partial charge in [-0.2, -0.15) is 0 Å². The van der Waals surface area contributed by atoms with Gasteiger partial charge in [0.1, 0.15) is 0 Å². The lowest BCUT2D eigenvalue weighted by molar-refractivity contribution is -0.120. The summed E-state index contributed by atoms with van der Waals surface area (Å²) >= 11 is 6.11. The molecule has 0 unspecified atom stereocenters. The highest BCUT2D eigenvalue weighted by atomic mass is 35.5. The van der Waals surface area contributed by atoms with Gasteiger partial charge in [-0.15, -0.1) is 0 Å². The van der Waals surface area contributed by atoms with Gasteiger partial charge in [0.05, 0.1) is 25.5 Å². The van der Waals surface area contributed by atoms with E-state index in [4.69, 9.17) is 25.9 Å². The van der Waals surface area contributed by atoms with Crippen LogP contribution in [0.25, 0.3) is 0 Å². The molecule has 0 aliphatic rings. The number of rotatable bonds is 7. The Bertz CT molecular complexity index is 760. The predicted octanol–water partition coefficient (Wildman–Crippen LogP) is 3.65. The monoisotopic (exact) mass is 362 g/mol. The minimum absolute atomic E-state index is 0.203. The lowest BCUT2D eigenvalue weighted by atomic mass is 10.2. The predicted molar refractivity (Wildman–Crippen MR) is 97.9 cm³/mol. The number of nitrogens with zero attached hydrogens (tertiary/aromatic N) is 1. The lowest BCUT2D eigenvalue weighted by Gasteiger charge is -2.09. The maximum atomic E-state index is 11.8. The zero-order chi connectivity index (χ0) is 18.2. The molecule has 25 heavy (non-hydrogen) atoms. The number of benzene rings is 2. The first-order chi connectivity index (χ1) is 12.0. The molecule has 2 aromatic rings. The van der Waals surface area contributed by atoms with E-state index in [2.05, 4.69) is 10.5 Å². The summed E-state index contributed by atoms with van der Waals surface area (Å²) in [6.07, 6.45) is 1.44. The highest BCUT2D eigenvalue weighted by Crippen LogP contribution is 2.35. The fourth-order valence-electron chi connectivity index (χ4n) is 2.04. The van der Waals surface area contributed by atoms with E-state index in [1.165, 1.54) is 20.4 Å². The largest absolute Gasteiger partial charge is 0.493 e. The van der Waals surface area contributed by atoms with Gasteiger partial charge in [-0.1, -0.05) is 34.5 Å². The molecule has 0 aliphatic heterocycles. The van der Waals surface area contributed by atoms with Crippen molar-refractivity contribution in [1.29, 1.82) is 0 Å².